The standard InChI is InChI=1S/C23H31N5/c24-20-27-23(25)28(22-15-17-26-18-16-22)19-11-6-4-2-1-3-5-8-12-21-13-9-7-10-14-21/h7,9-10,13-18H,1-6,8,11-12,19H2,(H2,25,27). The van der Waals surface area contributed by atoms with Crippen molar-refractivity contribution in [2.75, 3.05) is 11.4 Å². The summed E-state index contributed by atoms with van der Waals surface area (Å²) in [5, 5.41) is 19.2. The van der Waals surface area contributed by atoms with Crippen LogP contribution in [0.15, 0.2) is 54.9 Å². The van der Waals surface area contributed by atoms with Crippen LogP contribution in [-0.4, -0.2) is 17.5 Å². The molecule has 0 amide bonds. The van der Waals surface area contributed by atoms with Crippen LogP contribution in [0.4, 0.5) is 5.69 Å². The number of benzene rings is 1. The first-order valence-electron chi connectivity index (χ1n) is 10.3. The predicted molar refractivity (Wildman–Crippen MR) is 115 cm³/mol. The number of guanidine groups is 1. The Morgan fingerprint density at radius 1 is 0.893 bits per heavy atom. The van der Waals surface area contributed by atoms with Gasteiger partial charge in [0, 0.05) is 24.6 Å². The van der Waals surface area contributed by atoms with Gasteiger partial charge in [0.25, 0.3) is 0 Å². The van der Waals surface area contributed by atoms with E-state index in [1.54, 1.807) is 12.4 Å². The van der Waals surface area contributed by atoms with E-state index >= 15 is 0 Å². The van der Waals surface area contributed by atoms with E-state index in [2.05, 4.69) is 40.6 Å². The highest BCUT2D eigenvalue weighted by molar-refractivity contribution is 5.94. The van der Waals surface area contributed by atoms with Gasteiger partial charge in [0.15, 0.2) is 6.19 Å². The van der Waals surface area contributed by atoms with Crippen molar-refractivity contribution in [3.8, 4) is 6.19 Å². The number of rotatable bonds is 12. The van der Waals surface area contributed by atoms with E-state index in [-0.39, 0.29) is 5.96 Å². The van der Waals surface area contributed by atoms with Gasteiger partial charge in [-0.15, -0.1) is 0 Å². The average molecular weight is 378 g/mol. The van der Waals surface area contributed by atoms with Gasteiger partial charge >= 0.3 is 0 Å². The first-order valence-corrected chi connectivity index (χ1v) is 10.3. The molecule has 1 heterocycles. The summed E-state index contributed by atoms with van der Waals surface area (Å²) < 4.78 is 0. The van der Waals surface area contributed by atoms with E-state index in [0.717, 1.165) is 25.1 Å². The van der Waals surface area contributed by atoms with Gasteiger partial charge in [0.05, 0.1) is 0 Å². The maximum absolute atomic E-state index is 8.79. The molecule has 2 aromatic rings. The molecular weight excluding hydrogens is 346 g/mol. The number of aromatic nitrogens is 1. The molecule has 0 fully saturated rings. The molecule has 0 bridgehead atoms. The molecule has 1 aromatic carbocycles. The molecule has 148 valence electrons. The second kappa shape index (κ2) is 13.3. The largest absolute Gasteiger partial charge is 0.312 e. The molecule has 28 heavy (non-hydrogen) atoms. The van der Waals surface area contributed by atoms with Crippen molar-refractivity contribution in [1.29, 1.82) is 10.7 Å². The van der Waals surface area contributed by atoms with Crippen molar-refractivity contribution in [2.24, 2.45) is 0 Å². The zero-order valence-corrected chi connectivity index (χ0v) is 16.6. The fraction of sp³-hybridized carbons (Fsp3) is 0.435. The lowest BCUT2D eigenvalue weighted by atomic mass is 10.0. The normalized spacial score (nSPS) is 10.2. The lowest BCUT2D eigenvalue weighted by molar-refractivity contribution is 0.569. The SMILES string of the molecule is N#CNC(=N)N(CCCCCCCCCCc1ccccc1)c1ccncc1. The van der Waals surface area contributed by atoms with E-state index in [1.807, 2.05) is 23.2 Å². The van der Waals surface area contributed by atoms with Crippen LogP contribution < -0.4 is 10.2 Å². The van der Waals surface area contributed by atoms with Gasteiger partial charge in [-0.1, -0.05) is 68.9 Å². The molecule has 0 atom stereocenters. The first-order chi connectivity index (χ1) is 13.8. The van der Waals surface area contributed by atoms with E-state index in [4.69, 9.17) is 10.7 Å². The predicted octanol–water partition coefficient (Wildman–Crippen LogP) is 5.26. The molecule has 0 aliphatic rings. The van der Waals surface area contributed by atoms with Crippen LogP contribution in [-0.2, 0) is 6.42 Å². The Morgan fingerprint density at radius 2 is 1.50 bits per heavy atom. The summed E-state index contributed by atoms with van der Waals surface area (Å²) in [7, 11) is 0. The fourth-order valence-corrected chi connectivity index (χ4v) is 3.32. The van der Waals surface area contributed by atoms with E-state index in [1.165, 1.54) is 50.5 Å². The summed E-state index contributed by atoms with van der Waals surface area (Å²) >= 11 is 0. The number of unbranched alkanes of at least 4 members (excludes halogenated alkanes) is 7. The molecule has 0 aliphatic heterocycles. The van der Waals surface area contributed by atoms with Crippen molar-refractivity contribution in [2.45, 2.75) is 57.8 Å². The fourth-order valence-electron chi connectivity index (χ4n) is 3.32. The maximum atomic E-state index is 8.79. The molecule has 2 rings (SSSR count). The van der Waals surface area contributed by atoms with E-state index in [9.17, 15) is 0 Å². The van der Waals surface area contributed by atoms with Crippen molar-refractivity contribution in [1.82, 2.24) is 10.3 Å². The molecular formula is C23H31N5. The van der Waals surface area contributed by atoms with Crippen LogP contribution in [0.2, 0.25) is 0 Å². The van der Waals surface area contributed by atoms with E-state index in [0.29, 0.717) is 0 Å². The van der Waals surface area contributed by atoms with Gasteiger partial charge in [-0.2, -0.15) is 5.26 Å². The first kappa shape index (κ1) is 21.4. The van der Waals surface area contributed by atoms with Crippen LogP contribution >= 0.6 is 0 Å². The Morgan fingerprint density at radius 3 is 2.14 bits per heavy atom. The lowest BCUT2D eigenvalue weighted by Crippen LogP contribution is -2.39. The number of nitrogens with one attached hydrogen (secondary N) is 2. The Hall–Kier alpha value is -2.87. The highest BCUT2D eigenvalue weighted by Crippen LogP contribution is 2.15. The third kappa shape index (κ3) is 8.22. The third-order valence-corrected chi connectivity index (χ3v) is 4.86. The Bertz CT molecular complexity index is 709. The van der Waals surface area contributed by atoms with Crippen molar-refractivity contribution >= 4 is 11.6 Å². The topological polar surface area (TPSA) is 75.8 Å². The van der Waals surface area contributed by atoms with Crippen LogP contribution in [0, 0.1) is 16.9 Å². The molecule has 5 nitrogen and oxygen atoms in total. The molecule has 0 radical (unpaired) electrons. The Kier molecular flexibility index (Phi) is 10.2. The van der Waals surface area contributed by atoms with Crippen LogP contribution in [0.25, 0.3) is 0 Å². The van der Waals surface area contributed by atoms with Crippen LogP contribution in [0.5, 0.6) is 0 Å². The van der Waals surface area contributed by atoms with Gasteiger partial charge in [-0.05, 0) is 37.0 Å². The summed E-state index contributed by atoms with van der Waals surface area (Å²) in [6.07, 6.45) is 16.3. The minimum absolute atomic E-state index is 0.118. The monoisotopic (exact) mass is 377 g/mol. The second-order valence-electron chi connectivity index (χ2n) is 7.01. The minimum Gasteiger partial charge on any atom is -0.312 e. The molecule has 2 N–H and O–H groups in total. The number of hydrogen-bond donors (Lipinski definition) is 2. The number of pyridine rings is 1. The molecule has 0 aliphatic carbocycles. The van der Waals surface area contributed by atoms with Crippen LogP contribution in [0.1, 0.15) is 56.9 Å². The zero-order valence-electron chi connectivity index (χ0n) is 16.6. The van der Waals surface area contributed by atoms with Crippen LogP contribution in [0.3, 0.4) is 0 Å². The van der Waals surface area contributed by atoms with Gasteiger partial charge in [0.2, 0.25) is 5.96 Å². The molecule has 0 saturated carbocycles. The highest BCUT2D eigenvalue weighted by Gasteiger charge is 2.11. The van der Waals surface area contributed by atoms with Gasteiger partial charge in [-0.3, -0.25) is 15.7 Å². The van der Waals surface area contributed by atoms with E-state index < -0.39 is 0 Å². The van der Waals surface area contributed by atoms with Crippen molar-refractivity contribution in [3.63, 3.8) is 0 Å². The van der Waals surface area contributed by atoms with Crippen molar-refractivity contribution in [3.05, 3.63) is 60.4 Å². The number of anilines is 1. The Balaban J connectivity index is 1.54. The highest BCUT2D eigenvalue weighted by atomic mass is 15.3. The molecule has 0 unspecified atom stereocenters. The minimum atomic E-state index is 0.118. The smallest absolute Gasteiger partial charge is 0.209 e. The maximum Gasteiger partial charge on any atom is 0.209 e. The average Bonchev–Trinajstić information content (AvgIpc) is 2.73. The Labute approximate surface area is 168 Å². The van der Waals surface area contributed by atoms with Gasteiger partial charge < -0.3 is 4.90 Å². The number of aryl methyl sites for hydroxylation is 1. The molecule has 1 aromatic heterocycles. The number of nitriles is 1. The molecule has 0 saturated heterocycles. The summed E-state index contributed by atoms with van der Waals surface area (Å²) in [5.74, 6) is 0.118. The van der Waals surface area contributed by atoms with Crippen molar-refractivity contribution < 1.29 is 0 Å². The quantitative estimate of drug-likeness (QED) is 0.174. The summed E-state index contributed by atoms with van der Waals surface area (Å²) in [4.78, 5) is 5.85. The van der Waals surface area contributed by atoms with Gasteiger partial charge in [0.1, 0.15) is 0 Å². The summed E-state index contributed by atoms with van der Waals surface area (Å²) in [5.41, 5.74) is 2.33. The number of nitrogens with zero attached hydrogens (tertiary/aromatic N) is 3. The number of hydrogen-bond acceptors (Lipinski definition) is 3. The summed E-state index contributed by atoms with van der Waals surface area (Å²) in [6.45, 7) is 0.731. The molecule has 5 heteroatoms. The lowest BCUT2D eigenvalue weighted by Gasteiger charge is -2.23. The summed E-state index contributed by atoms with van der Waals surface area (Å²) in [6, 6.07) is 14.4. The molecule has 0 spiro atoms. The third-order valence-electron chi connectivity index (χ3n) is 4.86. The second-order valence-corrected chi connectivity index (χ2v) is 7.01. The van der Waals surface area contributed by atoms with Gasteiger partial charge in [-0.25, -0.2) is 0 Å². The zero-order chi connectivity index (χ0) is 19.9.